The van der Waals surface area contributed by atoms with Gasteiger partial charge in [-0.1, -0.05) is 127 Å². The summed E-state index contributed by atoms with van der Waals surface area (Å²) >= 11 is 1.91. The molecule has 10 rings (SSSR count). The number of fused-ring (bicyclic) bond motifs is 8. The molecule has 9 aromatic carbocycles. The summed E-state index contributed by atoms with van der Waals surface area (Å²) in [4.78, 5) is 4.74. The molecule has 0 bridgehead atoms. The molecule has 268 valence electrons. The topological polar surface area (TPSA) is 6.48 Å². The highest BCUT2D eigenvalue weighted by Crippen LogP contribution is 2.47. The van der Waals surface area contributed by atoms with E-state index in [4.69, 9.17) is 0 Å². The maximum Gasteiger partial charge on any atom is 0.0520 e. The van der Waals surface area contributed by atoms with Gasteiger partial charge < -0.3 is 9.80 Å². The predicted molar refractivity (Wildman–Crippen MR) is 243 cm³/mol. The molecule has 0 atom stereocenters. The van der Waals surface area contributed by atoms with Gasteiger partial charge in [0.2, 0.25) is 0 Å². The Balaban J connectivity index is 1.10. The number of nitrogens with zero attached hydrogens (tertiary/aromatic N) is 2. The lowest BCUT2D eigenvalue weighted by atomic mass is 9.94. The molecule has 0 spiro atoms. The summed E-state index contributed by atoms with van der Waals surface area (Å²) in [5, 5.41) is 7.81. The third kappa shape index (κ3) is 5.80. The molecule has 0 aliphatic carbocycles. The number of hydrogen-bond donors (Lipinski definition) is 0. The third-order valence-electron chi connectivity index (χ3n) is 11.0. The van der Waals surface area contributed by atoms with Crippen LogP contribution in [-0.2, 0) is 0 Å². The average Bonchev–Trinajstić information content (AvgIpc) is 3.63. The fourth-order valence-corrected chi connectivity index (χ4v) is 9.97. The Morgan fingerprint density at radius 1 is 0.357 bits per heavy atom. The van der Waals surface area contributed by atoms with Crippen molar-refractivity contribution >= 4 is 87.2 Å². The molecule has 56 heavy (non-hydrogen) atoms. The van der Waals surface area contributed by atoms with Gasteiger partial charge in [-0.2, -0.15) is 0 Å². The first-order valence-electron chi connectivity index (χ1n) is 19.3. The number of aryl methyl sites for hydroxylation is 3. The highest BCUT2D eigenvalue weighted by molar-refractivity contribution is 7.27. The van der Waals surface area contributed by atoms with Crippen LogP contribution in [0, 0.1) is 20.8 Å². The molecule has 0 aliphatic heterocycles. The maximum absolute atomic E-state index is 2.43. The lowest BCUT2D eigenvalue weighted by Gasteiger charge is -2.29. The highest BCUT2D eigenvalue weighted by atomic mass is 32.1. The molecular formula is C53H40N2S. The van der Waals surface area contributed by atoms with Gasteiger partial charge in [0.1, 0.15) is 0 Å². The van der Waals surface area contributed by atoms with E-state index in [0.29, 0.717) is 0 Å². The van der Waals surface area contributed by atoms with Crippen molar-refractivity contribution in [3.8, 4) is 11.1 Å². The van der Waals surface area contributed by atoms with E-state index in [0.717, 1.165) is 22.7 Å². The largest absolute Gasteiger partial charge is 0.311 e. The Morgan fingerprint density at radius 3 is 1.48 bits per heavy atom. The molecular weight excluding hydrogens is 697 g/mol. The predicted octanol–water partition coefficient (Wildman–Crippen LogP) is 15.9. The van der Waals surface area contributed by atoms with E-state index < -0.39 is 0 Å². The zero-order valence-electron chi connectivity index (χ0n) is 31.7. The number of anilines is 6. The van der Waals surface area contributed by atoms with Crippen LogP contribution in [-0.4, -0.2) is 0 Å². The molecule has 2 nitrogen and oxygen atoms in total. The van der Waals surface area contributed by atoms with Gasteiger partial charge in [-0.25, -0.2) is 0 Å². The van der Waals surface area contributed by atoms with Crippen LogP contribution >= 0.6 is 11.3 Å². The van der Waals surface area contributed by atoms with Crippen LogP contribution in [0.5, 0.6) is 0 Å². The zero-order valence-corrected chi connectivity index (χ0v) is 32.5. The molecule has 0 N–H and O–H groups in total. The van der Waals surface area contributed by atoms with Crippen molar-refractivity contribution in [3.05, 3.63) is 205 Å². The number of para-hydroxylation sites is 3. The van der Waals surface area contributed by atoms with Gasteiger partial charge in [0.05, 0.1) is 5.69 Å². The van der Waals surface area contributed by atoms with Crippen molar-refractivity contribution in [2.24, 2.45) is 0 Å². The van der Waals surface area contributed by atoms with E-state index in [-0.39, 0.29) is 0 Å². The molecule has 1 aromatic heterocycles. The molecule has 0 amide bonds. The van der Waals surface area contributed by atoms with Gasteiger partial charge >= 0.3 is 0 Å². The summed E-state index contributed by atoms with van der Waals surface area (Å²) in [7, 11) is 0. The molecule has 0 radical (unpaired) electrons. The number of thiophene rings is 1. The summed E-state index contributed by atoms with van der Waals surface area (Å²) in [5.74, 6) is 0. The molecule has 1 heterocycles. The standard InChI is InChI=1S/C53H40N2S/c1-35-31-36(2)52(37(3)32-35)55(42-19-11-6-12-20-42)44-28-30-48-50(34-44)56-53-47-29-25-39(33-49(47)45-21-13-14-22-46(45)51(48)53)38-23-26-43(27-24-38)54(40-15-7-4-8-16-40)41-17-9-5-10-18-41/h4-34H,1-3H3. The van der Waals surface area contributed by atoms with Crippen molar-refractivity contribution in [2.75, 3.05) is 9.80 Å². The first-order chi connectivity index (χ1) is 27.5. The second kappa shape index (κ2) is 13.9. The molecule has 0 fully saturated rings. The van der Waals surface area contributed by atoms with Crippen molar-refractivity contribution in [1.29, 1.82) is 0 Å². The number of rotatable bonds is 7. The Morgan fingerprint density at radius 2 is 0.857 bits per heavy atom. The Bertz CT molecular complexity index is 2980. The van der Waals surface area contributed by atoms with E-state index in [2.05, 4.69) is 219 Å². The lowest BCUT2D eigenvalue weighted by Crippen LogP contribution is -2.13. The van der Waals surface area contributed by atoms with E-state index in [1.165, 1.54) is 80.9 Å². The smallest absolute Gasteiger partial charge is 0.0520 e. The van der Waals surface area contributed by atoms with Crippen LogP contribution in [0.2, 0.25) is 0 Å². The minimum Gasteiger partial charge on any atom is -0.311 e. The Hall–Kier alpha value is -6.68. The van der Waals surface area contributed by atoms with Crippen molar-refractivity contribution in [2.45, 2.75) is 20.8 Å². The second-order valence-corrected chi connectivity index (χ2v) is 15.8. The molecule has 3 heteroatoms. The summed E-state index contributed by atoms with van der Waals surface area (Å²) in [6, 6.07) is 68.6. The highest BCUT2D eigenvalue weighted by Gasteiger charge is 2.20. The third-order valence-corrected chi connectivity index (χ3v) is 12.2. The van der Waals surface area contributed by atoms with Crippen LogP contribution in [0.25, 0.3) is 52.8 Å². The summed E-state index contributed by atoms with van der Waals surface area (Å²) < 4.78 is 2.63. The van der Waals surface area contributed by atoms with E-state index in [9.17, 15) is 0 Å². The van der Waals surface area contributed by atoms with E-state index in [1.807, 2.05) is 11.3 Å². The lowest BCUT2D eigenvalue weighted by molar-refractivity contribution is 1.21. The van der Waals surface area contributed by atoms with Gasteiger partial charge in [-0.3, -0.25) is 0 Å². The first kappa shape index (κ1) is 33.9. The summed E-state index contributed by atoms with van der Waals surface area (Å²) in [5.41, 5.74) is 13.2. The van der Waals surface area contributed by atoms with Crippen molar-refractivity contribution in [3.63, 3.8) is 0 Å². The SMILES string of the molecule is Cc1cc(C)c(N(c2ccccc2)c2ccc3c(c2)sc2c4ccc(-c5ccc(N(c6ccccc6)c6ccccc6)cc5)cc4c4ccccc4c32)c(C)c1. The molecule has 0 saturated heterocycles. The van der Waals surface area contributed by atoms with Gasteiger partial charge in [-0.05, 0) is 126 Å². The number of hydrogen-bond acceptors (Lipinski definition) is 3. The fraction of sp³-hybridized carbons (Fsp3) is 0.0566. The van der Waals surface area contributed by atoms with Crippen LogP contribution in [0.15, 0.2) is 188 Å². The van der Waals surface area contributed by atoms with Crippen LogP contribution < -0.4 is 9.80 Å². The summed E-state index contributed by atoms with van der Waals surface area (Å²) in [6.45, 7) is 6.64. The van der Waals surface area contributed by atoms with Gasteiger partial charge in [0.25, 0.3) is 0 Å². The fourth-order valence-electron chi connectivity index (χ4n) is 8.68. The normalized spacial score (nSPS) is 11.5. The molecule has 0 aliphatic rings. The Labute approximate surface area is 332 Å². The van der Waals surface area contributed by atoms with Crippen LogP contribution in [0.1, 0.15) is 16.7 Å². The summed E-state index contributed by atoms with van der Waals surface area (Å²) in [6.07, 6.45) is 0. The van der Waals surface area contributed by atoms with E-state index >= 15 is 0 Å². The maximum atomic E-state index is 2.43. The van der Waals surface area contributed by atoms with Gasteiger partial charge in [0, 0.05) is 54.0 Å². The zero-order chi connectivity index (χ0) is 37.8. The van der Waals surface area contributed by atoms with Crippen molar-refractivity contribution in [1.82, 2.24) is 0 Å². The van der Waals surface area contributed by atoms with Gasteiger partial charge in [0.15, 0.2) is 0 Å². The van der Waals surface area contributed by atoms with Crippen molar-refractivity contribution < 1.29 is 0 Å². The first-order valence-corrected chi connectivity index (χ1v) is 20.1. The molecule has 0 saturated carbocycles. The van der Waals surface area contributed by atoms with Crippen LogP contribution in [0.3, 0.4) is 0 Å². The minimum atomic E-state index is 1.13. The number of benzene rings is 9. The monoisotopic (exact) mass is 736 g/mol. The Kier molecular flexibility index (Phi) is 8.39. The average molecular weight is 737 g/mol. The van der Waals surface area contributed by atoms with Crippen LogP contribution in [0.4, 0.5) is 34.1 Å². The second-order valence-electron chi connectivity index (χ2n) is 14.8. The molecule has 0 unspecified atom stereocenters. The van der Waals surface area contributed by atoms with Gasteiger partial charge in [-0.15, -0.1) is 11.3 Å². The minimum absolute atomic E-state index is 1.13. The quantitative estimate of drug-likeness (QED) is 0.150. The molecule has 10 aromatic rings. The van der Waals surface area contributed by atoms with E-state index in [1.54, 1.807) is 0 Å².